The second-order valence-corrected chi connectivity index (χ2v) is 11.8. The highest BCUT2D eigenvalue weighted by Crippen LogP contribution is 2.48. The summed E-state index contributed by atoms with van der Waals surface area (Å²) in [6.07, 6.45) is 3.26. The summed E-state index contributed by atoms with van der Waals surface area (Å²) in [5.41, 5.74) is 7.91. The maximum Gasteiger partial charge on any atom is 0.326 e. The van der Waals surface area contributed by atoms with Gasteiger partial charge in [0.1, 0.15) is 11.5 Å². The van der Waals surface area contributed by atoms with Gasteiger partial charge < -0.3 is 31.7 Å². The molecule has 4 amide bonds. The van der Waals surface area contributed by atoms with Gasteiger partial charge in [0.2, 0.25) is 5.91 Å². The van der Waals surface area contributed by atoms with E-state index in [9.17, 15) is 14.4 Å². The normalized spacial score (nSPS) is 27.2. The third-order valence-corrected chi connectivity index (χ3v) is 9.47. The van der Waals surface area contributed by atoms with Gasteiger partial charge in [-0.15, -0.1) is 0 Å². The Morgan fingerprint density at radius 2 is 1.85 bits per heavy atom. The van der Waals surface area contributed by atoms with Gasteiger partial charge in [-0.05, 0) is 75.0 Å². The second-order valence-electron chi connectivity index (χ2n) is 10.7. The molecule has 3 aliphatic heterocycles. The van der Waals surface area contributed by atoms with Gasteiger partial charge in [0, 0.05) is 29.4 Å². The van der Waals surface area contributed by atoms with Gasteiger partial charge in [-0.1, -0.05) is 30.0 Å². The quantitative estimate of drug-likeness (QED) is 0.350. The van der Waals surface area contributed by atoms with Crippen molar-refractivity contribution in [2.75, 3.05) is 18.0 Å². The molecule has 5 atom stereocenters. The van der Waals surface area contributed by atoms with Crippen molar-refractivity contribution in [3.05, 3.63) is 64.7 Å². The van der Waals surface area contributed by atoms with Crippen molar-refractivity contribution in [3.8, 4) is 11.5 Å². The Hall–Kier alpha value is -3.54. The summed E-state index contributed by atoms with van der Waals surface area (Å²) >= 11 is 1.48. The Labute approximate surface area is 237 Å². The highest BCUT2D eigenvalue weighted by molar-refractivity contribution is 8.04. The molecule has 11 heteroatoms. The summed E-state index contributed by atoms with van der Waals surface area (Å²) in [7, 11) is 0. The van der Waals surface area contributed by atoms with E-state index in [1.165, 1.54) is 11.8 Å². The lowest BCUT2D eigenvalue weighted by atomic mass is 9.86. The van der Waals surface area contributed by atoms with Crippen LogP contribution >= 0.6 is 11.8 Å². The van der Waals surface area contributed by atoms with Gasteiger partial charge in [0.25, 0.3) is 5.91 Å². The number of carbonyl (C=O) groups is 3. The van der Waals surface area contributed by atoms with Crippen LogP contribution in [0.15, 0.2) is 59.1 Å². The zero-order valence-corrected chi connectivity index (χ0v) is 23.1. The Morgan fingerprint density at radius 3 is 2.60 bits per heavy atom. The fraction of sp³-hybridized carbons (Fsp3) is 0.414. The molecule has 6 rings (SSSR count). The predicted molar refractivity (Wildman–Crippen MR) is 154 cm³/mol. The van der Waals surface area contributed by atoms with E-state index in [-0.39, 0.29) is 53.8 Å². The summed E-state index contributed by atoms with van der Waals surface area (Å²) < 4.78 is 6.00. The number of benzene rings is 2. The van der Waals surface area contributed by atoms with Crippen LogP contribution in [0.25, 0.3) is 0 Å². The van der Waals surface area contributed by atoms with Crippen molar-refractivity contribution >= 4 is 35.3 Å². The van der Waals surface area contributed by atoms with Gasteiger partial charge in [0.15, 0.2) is 0 Å². The number of thioether (sulfide) groups is 1. The fourth-order valence-corrected chi connectivity index (χ4v) is 7.69. The Bertz CT molecular complexity index is 1350. The van der Waals surface area contributed by atoms with E-state index in [1.807, 2.05) is 60.4 Å². The first-order valence-corrected chi connectivity index (χ1v) is 14.7. The number of urea groups is 1. The third kappa shape index (κ3) is 5.04. The van der Waals surface area contributed by atoms with Crippen molar-refractivity contribution in [1.29, 1.82) is 0 Å². The molecule has 3 unspecified atom stereocenters. The summed E-state index contributed by atoms with van der Waals surface area (Å²) in [5, 5.41) is 12.6. The number of hydrogen-bond donors (Lipinski definition) is 5. The molecule has 6 N–H and O–H groups in total. The number of piperidine rings is 1. The van der Waals surface area contributed by atoms with Crippen LogP contribution in [0, 0.1) is 12.8 Å². The molecular weight excluding hydrogens is 528 g/mol. The fourth-order valence-electron chi connectivity index (χ4n) is 6.29. The first-order valence-electron chi connectivity index (χ1n) is 13.8. The van der Waals surface area contributed by atoms with Crippen molar-refractivity contribution in [3.63, 3.8) is 0 Å². The van der Waals surface area contributed by atoms with Gasteiger partial charge >= 0.3 is 6.03 Å². The number of carbonyl (C=O) groups excluding carboxylic acids is 3. The number of aryl methyl sites for hydroxylation is 1. The molecule has 2 aromatic rings. The number of nitrogens with one attached hydrogen (secondary N) is 4. The number of para-hydroxylation sites is 1. The van der Waals surface area contributed by atoms with Crippen LogP contribution < -0.4 is 36.6 Å². The van der Waals surface area contributed by atoms with Crippen LogP contribution in [-0.2, 0) is 9.59 Å². The zero-order chi connectivity index (χ0) is 27.8. The van der Waals surface area contributed by atoms with E-state index < -0.39 is 0 Å². The van der Waals surface area contributed by atoms with Crippen molar-refractivity contribution in [1.82, 2.24) is 21.3 Å². The molecule has 10 nitrogen and oxygen atoms in total. The van der Waals surface area contributed by atoms with Crippen LogP contribution in [0.3, 0.4) is 0 Å². The minimum absolute atomic E-state index is 0.0186. The van der Waals surface area contributed by atoms with Crippen LogP contribution in [-0.4, -0.2) is 54.4 Å². The van der Waals surface area contributed by atoms with Crippen LogP contribution in [0.2, 0.25) is 0 Å². The maximum absolute atomic E-state index is 13.6. The molecule has 2 saturated heterocycles. The topological polar surface area (TPSA) is 138 Å². The lowest BCUT2D eigenvalue weighted by Gasteiger charge is -2.46. The summed E-state index contributed by atoms with van der Waals surface area (Å²) in [5.74, 6) is 0.975. The number of nitrogens with zero attached hydrogens (tertiary/aromatic N) is 1. The number of amides is 4. The van der Waals surface area contributed by atoms with Crippen LogP contribution in [0.1, 0.15) is 31.2 Å². The lowest BCUT2D eigenvalue weighted by Crippen LogP contribution is -2.62. The van der Waals surface area contributed by atoms with E-state index in [4.69, 9.17) is 10.5 Å². The monoisotopic (exact) mass is 562 g/mol. The summed E-state index contributed by atoms with van der Waals surface area (Å²) in [6.45, 7) is 2.65. The molecule has 1 aliphatic carbocycles. The zero-order valence-electron chi connectivity index (χ0n) is 22.3. The number of ether oxygens (including phenoxy) is 1. The second kappa shape index (κ2) is 11.1. The van der Waals surface area contributed by atoms with Gasteiger partial charge in [-0.25, -0.2) is 4.79 Å². The molecule has 3 fully saturated rings. The lowest BCUT2D eigenvalue weighted by molar-refractivity contribution is -0.121. The molecule has 0 bridgehead atoms. The Balaban J connectivity index is 1.22. The average Bonchev–Trinajstić information content (AvgIpc) is 3.55. The van der Waals surface area contributed by atoms with Crippen LogP contribution in [0.5, 0.6) is 11.5 Å². The third-order valence-electron chi connectivity index (χ3n) is 8.12. The maximum atomic E-state index is 13.6. The van der Waals surface area contributed by atoms with E-state index in [2.05, 4.69) is 21.3 Å². The van der Waals surface area contributed by atoms with Crippen molar-refractivity contribution in [2.24, 2.45) is 11.7 Å². The first-order chi connectivity index (χ1) is 19.4. The first kappa shape index (κ1) is 26.7. The van der Waals surface area contributed by atoms with Crippen molar-refractivity contribution < 1.29 is 19.1 Å². The van der Waals surface area contributed by atoms with E-state index in [1.54, 1.807) is 0 Å². The molecule has 0 aromatic heterocycles. The van der Waals surface area contributed by atoms with Crippen LogP contribution in [0.4, 0.5) is 10.5 Å². The molecule has 0 radical (unpaired) electrons. The molecular formula is C29H34N6O4S. The SMILES string of the molecule is Cc1cc(Oc2ccccc2)ccc1N1C(=O)NC2=C(C(=O)N[C@H]3CCC[C@H]3NC(=O)CN)SC3NCCC1C23. The highest BCUT2D eigenvalue weighted by Gasteiger charge is 2.52. The van der Waals surface area contributed by atoms with Gasteiger partial charge in [0.05, 0.1) is 22.9 Å². The van der Waals surface area contributed by atoms with E-state index in [0.29, 0.717) is 16.4 Å². The smallest absolute Gasteiger partial charge is 0.326 e. The molecule has 2 aromatic carbocycles. The number of anilines is 1. The number of hydrogen-bond acceptors (Lipinski definition) is 7. The minimum atomic E-state index is -0.238. The Morgan fingerprint density at radius 1 is 1.07 bits per heavy atom. The van der Waals surface area contributed by atoms with E-state index >= 15 is 0 Å². The largest absolute Gasteiger partial charge is 0.457 e. The predicted octanol–water partition coefficient (Wildman–Crippen LogP) is 2.69. The molecule has 3 heterocycles. The van der Waals surface area contributed by atoms with Gasteiger partial charge in [-0.3, -0.25) is 14.5 Å². The molecule has 40 heavy (non-hydrogen) atoms. The Kier molecular flexibility index (Phi) is 7.43. The summed E-state index contributed by atoms with van der Waals surface area (Å²) in [6, 6.07) is 14.7. The van der Waals surface area contributed by atoms with Crippen molar-refractivity contribution in [2.45, 2.75) is 56.1 Å². The molecule has 1 saturated carbocycles. The van der Waals surface area contributed by atoms with Gasteiger partial charge in [-0.2, -0.15) is 0 Å². The highest BCUT2D eigenvalue weighted by atomic mass is 32.2. The standard InChI is InChI=1S/C29H34N6O4S/c1-16-14-18(39-17-6-3-2-4-7-17)10-11-21(16)35-22-12-13-31-28-24(22)25(34-29(35)38)26(40-28)27(37)33-20-9-5-8-19(20)32-23(36)15-30/h2-4,6-7,10-11,14,19-20,22,24,28,31H,5,8-9,12-13,15,30H2,1H3,(H,32,36)(H,33,37)(H,34,38)/t19-,20+,22?,24?,28?/m1/s1. The number of nitrogens with two attached hydrogens (primary N) is 1. The van der Waals surface area contributed by atoms with E-state index in [0.717, 1.165) is 49.2 Å². The number of rotatable bonds is 7. The molecule has 210 valence electrons. The summed E-state index contributed by atoms with van der Waals surface area (Å²) in [4.78, 5) is 41.4. The molecule has 4 aliphatic rings. The average molecular weight is 563 g/mol. The molecule has 0 spiro atoms. The minimum Gasteiger partial charge on any atom is -0.457 e.